The lowest BCUT2D eigenvalue weighted by Crippen LogP contribution is -2.50. The number of ether oxygens (including phenoxy) is 1. The van der Waals surface area contributed by atoms with Gasteiger partial charge in [0, 0.05) is 32.6 Å². The zero-order valence-corrected chi connectivity index (χ0v) is 18.3. The lowest BCUT2D eigenvalue weighted by Gasteiger charge is -2.31. The van der Waals surface area contributed by atoms with E-state index in [1.807, 2.05) is 59.5 Å². The lowest BCUT2D eigenvalue weighted by atomic mass is 10.0. The van der Waals surface area contributed by atoms with E-state index in [0.29, 0.717) is 26.1 Å². The molecular formula is C25H33N3O3. The Bertz CT molecular complexity index is 818. The Labute approximate surface area is 185 Å². The molecule has 6 heteroatoms. The normalized spacial score (nSPS) is 14.7. The van der Waals surface area contributed by atoms with Crippen molar-refractivity contribution >= 4 is 11.8 Å². The average molecular weight is 424 g/mol. The van der Waals surface area contributed by atoms with Crippen LogP contribution in [-0.2, 0) is 16.2 Å². The van der Waals surface area contributed by atoms with Crippen molar-refractivity contribution in [1.29, 1.82) is 0 Å². The Hall–Kier alpha value is -2.86. The number of benzene rings is 2. The Kier molecular flexibility index (Phi) is 8.91. The monoisotopic (exact) mass is 423 g/mol. The molecule has 1 fully saturated rings. The van der Waals surface area contributed by atoms with Gasteiger partial charge in [0.2, 0.25) is 11.8 Å². The second kappa shape index (κ2) is 12.1. The molecule has 6 nitrogen and oxygen atoms in total. The first-order valence-electron chi connectivity index (χ1n) is 11.2. The molecule has 2 N–H and O–H groups in total. The van der Waals surface area contributed by atoms with Crippen molar-refractivity contribution in [2.45, 2.75) is 45.3 Å². The van der Waals surface area contributed by atoms with Gasteiger partial charge in [-0.2, -0.15) is 0 Å². The largest absolute Gasteiger partial charge is 0.489 e. The van der Waals surface area contributed by atoms with Gasteiger partial charge in [-0.3, -0.25) is 9.59 Å². The summed E-state index contributed by atoms with van der Waals surface area (Å²) in [4.78, 5) is 27.5. The summed E-state index contributed by atoms with van der Waals surface area (Å²) in [6.45, 7) is 5.44. The first-order valence-corrected chi connectivity index (χ1v) is 11.2. The highest BCUT2D eigenvalue weighted by Gasteiger charge is 2.28. The molecule has 1 atom stereocenters. The summed E-state index contributed by atoms with van der Waals surface area (Å²) >= 11 is 0. The molecular weight excluding hydrogens is 390 g/mol. The van der Waals surface area contributed by atoms with E-state index in [4.69, 9.17) is 4.74 Å². The highest BCUT2D eigenvalue weighted by Crippen LogP contribution is 2.21. The lowest BCUT2D eigenvalue weighted by molar-refractivity contribution is -0.137. The highest BCUT2D eigenvalue weighted by molar-refractivity contribution is 5.88. The van der Waals surface area contributed by atoms with Crippen LogP contribution in [0.15, 0.2) is 54.6 Å². The first kappa shape index (κ1) is 22.8. The number of amides is 2. The van der Waals surface area contributed by atoms with E-state index < -0.39 is 6.04 Å². The van der Waals surface area contributed by atoms with Gasteiger partial charge in [0.15, 0.2) is 0 Å². The molecule has 0 radical (unpaired) electrons. The molecule has 2 amide bonds. The van der Waals surface area contributed by atoms with Crippen molar-refractivity contribution in [3.63, 3.8) is 0 Å². The minimum absolute atomic E-state index is 0.0525. The van der Waals surface area contributed by atoms with Gasteiger partial charge in [-0.25, -0.2) is 0 Å². The predicted molar refractivity (Wildman–Crippen MR) is 122 cm³/mol. The van der Waals surface area contributed by atoms with Crippen molar-refractivity contribution in [1.82, 2.24) is 15.5 Å². The molecule has 1 aliphatic rings. The Morgan fingerprint density at radius 1 is 1.03 bits per heavy atom. The minimum atomic E-state index is -0.671. The van der Waals surface area contributed by atoms with Gasteiger partial charge < -0.3 is 20.3 Å². The number of rotatable bonds is 10. The van der Waals surface area contributed by atoms with Crippen LogP contribution in [0.5, 0.6) is 5.75 Å². The van der Waals surface area contributed by atoms with Gasteiger partial charge in [-0.15, -0.1) is 0 Å². The molecule has 1 heterocycles. The van der Waals surface area contributed by atoms with Crippen LogP contribution < -0.4 is 15.4 Å². The van der Waals surface area contributed by atoms with Crippen molar-refractivity contribution in [2.75, 3.05) is 26.2 Å². The maximum Gasteiger partial charge on any atom is 0.249 e. The topological polar surface area (TPSA) is 70.7 Å². The standard InChI is InChI=1S/C25H33N3O3/c1-2-3-5-10-23(29)27-24(25(30)28-17-15-26-16-18-28)21-11-13-22(14-12-21)31-19-20-8-6-4-7-9-20/h4,6-9,11-14,24,26H,2-3,5,10,15-19H2,1H3,(H,27,29)/t24-/m0/s1. The van der Waals surface area contributed by atoms with Gasteiger partial charge >= 0.3 is 0 Å². The predicted octanol–water partition coefficient (Wildman–Crippen LogP) is 3.44. The molecule has 0 saturated carbocycles. The van der Waals surface area contributed by atoms with Crippen LogP contribution in [0.4, 0.5) is 0 Å². The van der Waals surface area contributed by atoms with Gasteiger partial charge in [0.1, 0.15) is 18.4 Å². The van der Waals surface area contributed by atoms with Gasteiger partial charge in [0.25, 0.3) is 0 Å². The van der Waals surface area contributed by atoms with Crippen molar-refractivity contribution in [3.8, 4) is 5.75 Å². The maximum atomic E-state index is 13.2. The van der Waals surface area contributed by atoms with E-state index >= 15 is 0 Å². The van der Waals surface area contributed by atoms with Crippen LogP contribution in [0.3, 0.4) is 0 Å². The zero-order valence-electron chi connectivity index (χ0n) is 18.3. The number of nitrogens with one attached hydrogen (secondary N) is 2. The SMILES string of the molecule is CCCCCC(=O)N[C@H](C(=O)N1CCNCC1)c1ccc(OCc2ccccc2)cc1. The number of carbonyl (C=O) groups excluding carboxylic acids is 2. The third kappa shape index (κ3) is 7.10. The van der Waals surface area contributed by atoms with Gasteiger partial charge in [-0.05, 0) is 29.7 Å². The van der Waals surface area contributed by atoms with Crippen LogP contribution >= 0.6 is 0 Å². The smallest absolute Gasteiger partial charge is 0.249 e. The molecule has 1 aliphatic heterocycles. The first-order chi connectivity index (χ1) is 15.2. The number of piperazine rings is 1. The van der Waals surface area contributed by atoms with E-state index in [9.17, 15) is 9.59 Å². The summed E-state index contributed by atoms with van der Waals surface area (Å²) in [6, 6.07) is 16.8. The zero-order chi connectivity index (χ0) is 21.9. The third-order valence-corrected chi connectivity index (χ3v) is 5.45. The van der Waals surface area contributed by atoms with E-state index in [2.05, 4.69) is 17.6 Å². The van der Waals surface area contributed by atoms with Crippen LogP contribution in [-0.4, -0.2) is 42.9 Å². The molecule has 0 aliphatic carbocycles. The Morgan fingerprint density at radius 3 is 2.42 bits per heavy atom. The number of unbranched alkanes of at least 4 members (excludes halogenated alkanes) is 2. The van der Waals surface area contributed by atoms with Crippen molar-refractivity contribution < 1.29 is 14.3 Å². The summed E-state index contributed by atoms with van der Waals surface area (Å²) in [5.41, 5.74) is 1.87. The summed E-state index contributed by atoms with van der Waals surface area (Å²) in [5.74, 6) is 0.602. The maximum absolute atomic E-state index is 13.2. The fourth-order valence-electron chi connectivity index (χ4n) is 3.62. The fraction of sp³-hybridized carbons (Fsp3) is 0.440. The molecule has 1 saturated heterocycles. The molecule has 166 valence electrons. The summed E-state index contributed by atoms with van der Waals surface area (Å²) in [7, 11) is 0. The molecule has 0 aromatic heterocycles. The van der Waals surface area contributed by atoms with Crippen molar-refractivity contribution in [2.24, 2.45) is 0 Å². The quantitative estimate of drug-likeness (QED) is 0.575. The van der Waals surface area contributed by atoms with Gasteiger partial charge in [0.05, 0.1) is 0 Å². The fourth-order valence-corrected chi connectivity index (χ4v) is 3.62. The molecule has 31 heavy (non-hydrogen) atoms. The summed E-state index contributed by atoms with van der Waals surface area (Å²) < 4.78 is 5.86. The molecule has 0 bridgehead atoms. The number of hydrogen-bond acceptors (Lipinski definition) is 4. The number of nitrogens with zero attached hydrogens (tertiary/aromatic N) is 1. The van der Waals surface area contributed by atoms with E-state index in [0.717, 1.165) is 49.2 Å². The van der Waals surface area contributed by atoms with Crippen LogP contribution in [0, 0.1) is 0 Å². The van der Waals surface area contributed by atoms with E-state index in [1.165, 1.54) is 0 Å². The van der Waals surface area contributed by atoms with Crippen molar-refractivity contribution in [3.05, 3.63) is 65.7 Å². The number of hydrogen-bond donors (Lipinski definition) is 2. The molecule has 2 aromatic rings. The van der Waals surface area contributed by atoms with E-state index in [-0.39, 0.29) is 11.8 Å². The summed E-state index contributed by atoms with van der Waals surface area (Å²) in [6.07, 6.45) is 3.35. The third-order valence-electron chi connectivity index (χ3n) is 5.45. The van der Waals surface area contributed by atoms with Crippen LogP contribution in [0.1, 0.15) is 49.8 Å². The van der Waals surface area contributed by atoms with Gasteiger partial charge in [-0.1, -0.05) is 62.2 Å². The second-order valence-electron chi connectivity index (χ2n) is 7.88. The molecule has 0 spiro atoms. The average Bonchev–Trinajstić information content (AvgIpc) is 2.82. The second-order valence-corrected chi connectivity index (χ2v) is 7.88. The minimum Gasteiger partial charge on any atom is -0.489 e. The molecule has 3 rings (SSSR count). The Morgan fingerprint density at radius 2 is 1.74 bits per heavy atom. The Balaban J connectivity index is 1.67. The highest BCUT2D eigenvalue weighted by atomic mass is 16.5. The summed E-state index contributed by atoms with van der Waals surface area (Å²) in [5, 5.41) is 6.24. The van der Waals surface area contributed by atoms with E-state index in [1.54, 1.807) is 0 Å². The number of carbonyl (C=O) groups is 2. The van der Waals surface area contributed by atoms with Crippen LogP contribution in [0.2, 0.25) is 0 Å². The molecule has 2 aromatic carbocycles. The molecule has 0 unspecified atom stereocenters. The van der Waals surface area contributed by atoms with Crippen LogP contribution in [0.25, 0.3) is 0 Å².